The number of carbonyl (C=O) groups excluding carboxylic acids is 1. The lowest BCUT2D eigenvalue weighted by Gasteiger charge is -2.34. The Morgan fingerprint density at radius 3 is 2.72 bits per heavy atom. The van der Waals surface area contributed by atoms with Gasteiger partial charge in [0.05, 0.1) is 17.4 Å². The van der Waals surface area contributed by atoms with Gasteiger partial charge in [0, 0.05) is 32.7 Å². The number of likely N-dealkylation sites (tertiary alicyclic amines) is 1. The fourth-order valence-electron chi connectivity index (χ4n) is 3.74. The van der Waals surface area contributed by atoms with E-state index in [-0.39, 0.29) is 11.5 Å². The molecule has 1 N–H and O–H groups in total. The number of nitrogens with one attached hydrogen (secondary N) is 1. The van der Waals surface area contributed by atoms with Gasteiger partial charge in [-0.25, -0.2) is 4.68 Å². The molecule has 3 rings (SSSR count). The van der Waals surface area contributed by atoms with Gasteiger partial charge in [0.2, 0.25) is 5.91 Å². The Morgan fingerprint density at radius 1 is 1.32 bits per heavy atom. The summed E-state index contributed by atoms with van der Waals surface area (Å²) < 4.78 is 1.33. The average Bonchev–Trinajstić information content (AvgIpc) is 3.27. The third-order valence-electron chi connectivity index (χ3n) is 5.61. The first-order valence-corrected chi connectivity index (χ1v) is 9.19. The summed E-state index contributed by atoms with van der Waals surface area (Å²) in [6.07, 6.45) is 5.11. The van der Waals surface area contributed by atoms with Crippen molar-refractivity contribution in [2.45, 2.75) is 38.6 Å². The zero-order valence-electron chi connectivity index (χ0n) is 15.5. The highest BCUT2D eigenvalue weighted by Crippen LogP contribution is 2.23. The van der Waals surface area contributed by atoms with E-state index < -0.39 is 5.54 Å². The van der Waals surface area contributed by atoms with Crippen LogP contribution in [-0.4, -0.2) is 58.9 Å². The number of amides is 1. The molecule has 2 fully saturated rings. The predicted molar refractivity (Wildman–Crippen MR) is 97.7 cm³/mol. The fourth-order valence-corrected chi connectivity index (χ4v) is 3.74. The van der Waals surface area contributed by atoms with Crippen molar-refractivity contribution in [3.63, 3.8) is 0 Å². The standard InChI is InChI=1S/C18H29N5O2/c1-18(2,23-7-4-5-8-23)17(25)19-11-14-6-9-22(13-14)15-10-16(24)21(3)20-12-15/h10,12,14H,4-9,11,13H2,1-3H3,(H,19,25)/t14-/m1/s1. The second-order valence-electron chi connectivity index (χ2n) is 7.74. The van der Waals surface area contributed by atoms with Gasteiger partial charge in [-0.2, -0.15) is 5.10 Å². The maximum Gasteiger partial charge on any atom is 0.268 e. The van der Waals surface area contributed by atoms with Crippen molar-refractivity contribution in [3.8, 4) is 0 Å². The van der Waals surface area contributed by atoms with Crippen molar-refractivity contribution < 1.29 is 4.79 Å². The monoisotopic (exact) mass is 347 g/mol. The molecule has 1 aromatic heterocycles. The molecule has 0 aliphatic carbocycles. The Bertz CT molecular complexity index is 678. The van der Waals surface area contributed by atoms with E-state index in [4.69, 9.17) is 0 Å². The lowest BCUT2D eigenvalue weighted by atomic mass is 10.0. The number of rotatable bonds is 5. The van der Waals surface area contributed by atoms with Gasteiger partial charge in [0.1, 0.15) is 0 Å². The molecule has 0 radical (unpaired) electrons. The highest BCUT2D eigenvalue weighted by molar-refractivity contribution is 5.85. The molecule has 2 saturated heterocycles. The first kappa shape index (κ1) is 17.9. The molecular weight excluding hydrogens is 318 g/mol. The van der Waals surface area contributed by atoms with Crippen LogP contribution in [-0.2, 0) is 11.8 Å². The predicted octanol–water partition coefficient (Wildman–Crippen LogP) is 0.597. The largest absolute Gasteiger partial charge is 0.370 e. The molecule has 3 heterocycles. The van der Waals surface area contributed by atoms with Crippen LogP contribution in [0.1, 0.15) is 33.1 Å². The summed E-state index contributed by atoms with van der Waals surface area (Å²) in [6.45, 7) is 8.47. The van der Waals surface area contributed by atoms with Crippen LogP contribution in [0.15, 0.2) is 17.1 Å². The Labute approximate surface area is 149 Å². The van der Waals surface area contributed by atoms with Gasteiger partial charge in [0.15, 0.2) is 0 Å². The molecule has 0 aromatic carbocycles. The molecule has 2 aliphatic heterocycles. The van der Waals surface area contributed by atoms with E-state index >= 15 is 0 Å². The topological polar surface area (TPSA) is 70.5 Å². The van der Waals surface area contributed by atoms with Crippen LogP contribution in [0, 0.1) is 5.92 Å². The van der Waals surface area contributed by atoms with Gasteiger partial charge < -0.3 is 10.2 Å². The van der Waals surface area contributed by atoms with E-state index in [0.29, 0.717) is 12.5 Å². The number of hydrogen-bond acceptors (Lipinski definition) is 5. The second kappa shape index (κ2) is 7.15. The summed E-state index contributed by atoms with van der Waals surface area (Å²) in [5.41, 5.74) is 0.334. The molecule has 2 aliphatic rings. The number of hydrogen-bond donors (Lipinski definition) is 1. The van der Waals surface area contributed by atoms with E-state index in [1.807, 2.05) is 13.8 Å². The molecule has 1 amide bonds. The second-order valence-corrected chi connectivity index (χ2v) is 7.74. The van der Waals surface area contributed by atoms with Gasteiger partial charge in [-0.1, -0.05) is 0 Å². The number of anilines is 1. The third-order valence-corrected chi connectivity index (χ3v) is 5.61. The van der Waals surface area contributed by atoms with Gasteiger partial charge >= 0.3 is 0 Å². The van der Waals surface area contributed by atoms with E-state index in [2.05, 4.69) is 20.2 Å². The molecule has 7 nitrogen and oxygen atoms in total. The summed E-state index contributed by atoms with van der Waals surface area (Å²) in [7, 11) is 1.65. The van der Waals surface area contributed by atoms with E-state index in [0.717, 1.165) is 38.3 Å². The van der Waals surface area contributed by atoms with Crippen molar-refractivity contribution in [2.75, 3.05) is 37.6 Å². The van der Waals surface area contributed by atoms with Crippen molar-refractivity contribution >= 4 is 11.6 Å². The zero-order valence-corrected chi connectivity index (χ0v) is 15.5. The van der Waals surface area contributed by atoms with E-state index in [1.54, 1.807) is 19.3 Å². The van der Waals surface area contributed by atoms with Crippen molar-refractivity contribution in [1.29, 1.82) is 0 Å². The Hall–Kier alpha value is -1.89. The summed E-state index contributed by atoms with van der Waals surface area (Å²) in [4.78, 5) is 28.8. The maximum absolute atomic E-state index is 12.6. The van der Waals surface area contributed by atoms with Crippen molar-refractivity contribution in [1.82, 2.24) is 20.0 Å². The molecule has 7 heteroatoms. The molecule has 0 saturated carbocycles. The van der Waals surface area contributed by atoms with Crippen LogP contribution < -0.4 is 15.8 Å². The summed E-state index contributed by atoms with van der Waals surface area (Å²) in [6, 6.07) is 1.63. The smallest absolute Gasteiger partial charge is 0.268 e. The van der Waals surface area contributed by atoms with Crippen molar-refractivity contribution in [2.24, 2.45) is 13.0 Å². The minimum Gasteiger partial charge on any atom is -0.370 e. The normalized spacial score (nSPS) is 21.7. The van der Waals surface area contributed by atoms with Crippen LogP contribution in [0.25, 0.3) is 0 Å². The number of aromatic nitrogens is 2. The van der Waals surface area contributed by atoms with Crippen LogP contribution in [0.3, 0.4) is 0 Å². The molecule has 0 spiro atoms. The van der Waals surface area contributed by atoms with E-state index in [1.165, 1.54) is 17.5 Å². The van der Waals surface area contributed by atoms with E-state index in [9.17, 15) is 9.59 Å². The van der Waals surface area contributed by atoms with Crippen molar-refractivity contribution in [3.05, 3.63) is 22.6 Å². The molecular formula is C18H29N5O2. The first-order valence-electron chi connectivity index (χ1n) is 9.19. The molecule has 1 aromatic rings. The quantitative estimate of drug-likeness (QED) is 0.844. The summed E-state index contributed by atoms with van der Waals surface area (Å²) >= 11 is 0. The lowest BCUT2D eigenvalue weighted by Crippen LogP contribution is -2.54. The number of carbonyl (C=O) groups is 1. The zero-order chi connectivity index (χ0) is 18.0. The Morgan fingerprint density at radius 2 is 2.04 bits per heavy atom. The molecule has 25 heavy (non-hydrogen) atoms. The minimum absolute atomic E-state index is 0.0957. The average molecular weight is 347 g/mol. The van der Waals surface area contributed by atoms with Crippen LogP contribution >= 0.6 is 0 Å². The van der Waals surface area contributed by atoms with Gasteiger partial charge in [-0.15, -0.1) is 0 Å². The summed E-state index contributed by atoms with van der Waals surface area (Å²) in [5, 5.41) is 7.23. The third kappa shape index (κ3) is 3.86. The first-order chi connectivity index (χ1) is 11.9. The molecule has 0 unspecified atom stereocenters. The maximum atomic E-state index is 12.6. The van der Waals surface area contributed by atoms with Crippen LogP contribution in [0.4, 0.5) is 5.69 Å². The van der Waals surface area contributed by atoms with Gasteiger partial charge in [-0.3, -0.25) is 14.5 Å². The number of nitrogens with zero attached hydrogens (tertiary/aromatic N) is 4. The minimum atomic E-state index is -0.440. The van der Waals surface area contributed by atoms with Gasteiger partial charge in [-0.05, 0) is 52.1 Å². The van der Waals surface area contributed by atoms with Crippen LogP contribution in [0.5, 0.6) is 0 Å². The highest BCUT2D eigenvalue weighted by atomic mass is 16.2. The SMILES string of the molecule is Cn1ncc(N2CC[C@H](CNC(=O)C(C)(C)N3CCCC3)C2)cc1=O. The molecule has 1 atom stereocenters. The molecule has 0 bridgehead atoms. The highest BCUT2D eigenvalue weighted by Gasteiger charge is 2.36. The number of aryl methyl sites for hydroxylation is 1. The van der Waals surface area contributed by atoms with Crippen LogP contribution in [0.2, 0.25) is 0 Å². The Balaban J connectivity index is 1.52. The lowest BCUT2D eigenvalue weighted by molar-refractivity contribution is -0.131. The Kier molecular flexibility index (Phi) is 5.13. The van der Waals surface area contributed by atoms with Gasteiger partial charge in [0.25, 0.3) is 5.56 Å². The summed E-state index contributed by atoms with van der Waals surface area (Å²) in [5.74, 6) is 0.519. The fraction of sp³-hybridized carbons (Fsp3) is 0.722. The molecule has 138 valence electrons.